The summed E-state index contributed by atoms with van der Waals surface area (Å²) in [6, 6.07) is 24.3. The van der Waals surface area contributed by atoms with Crippen molar-refractivity contribution in [2.24, 2.45) is 0 Å². The van der Waals surface area contributed by atoms with E-state index in [4.69, 9.17) is 28.2 Å². The number of hydrogen-bond donors (Lipinski definition) is 2. The van der Waals surface area contributed by atoms with Gasteiger partial charge in [-0.25, -0.2) is 4.98 Å². The standard InChI is InChI=1S/C25H15ClIN3O2S/c26-20-9-3-6-17-18(20)7-2-8-19(17)23(31)30-25(33)28-16-10-11-22-21(13-16)29-24(32-22)14-4-1-5-15(27)12-14/h1-13H,(H2,28,30,31,33). The molecule has 0 saturated carbocycles. The molecule has 0 bridgehead atoms. The van der Waals surface area contributed by atoms with Gasteiger partial charge in [0.05, 0.1) is 0 Å². The van der Waals surface area contributed by atoms with E-state index in [9.17, 15) is 4.79 Å². The molecule has 162 valence electrons. The molecule has 1 heterocycles. The van der Waals surface area contributed by atoms with Crippen LogP contribution >= 0.6 is 46.4 Å². The third-order valence-electron chi connectivity index (χ3n) is 5.06. The highest BCUT2D eigenvalue weighted by Gasteiger charge is 2.14. The molecule has 0 spiro atoms. The average molecular weight is 584 g/mol. The van der Waals surface area contributed by atoms with Gasteiger partial charge in [0.25, 0.3) is 5.91 Å². The van der Waals surface area contributed by atoms with Crippen LogP contribution in [0.4, 0.5) is 5.69 Å². The highest BCUT2D eigenvalue weighted by Crippen LogP contribution is 2.28. The lowest BCUT2D eigenvalue weighted by atomic mass is 10.0. The Balaban J connectivity index is 1.34. The lowest BCUT2D eigenvalue weighted by Gasteiger charge is -2.11. The maximum Gasteiger partial charge on any atom is 0.258 e. The van der Waals surface area contributed by atoms with Crippen LogP contribution in [0.3, 0.4) is 0 Å². The van der Waals surface area contributed by atoms with Crippen LogP contribution < -0.4 is 10.6 Å². The molecule has 5 nitrogen and oxygen atoms in total. The summed E-state index contributed by atoms with van der Waals surface area (Å²) in [5.41, 5.74) is 3.44. The lowest BCUT2D eigenvalue weighted by molar-refractivity contribution is 0.0979. The van der Waals surface area contributed by atoms with Gasteiger partial charge in [-0.05, 0) is 88.7 Å². The van der Waals surface area contributed by atoms with Gasteiger partial charge in [-0.15, -0.1) is 0 Å². The summed E-state index contributed by atoms with van der Waals surface area (Å²) in [5.74, 6) is 0.231. The fraction of sp³-hybridized carbons (Fsp3) is 0. The van der Waals surface area contributed by atoms with E-state index >= 15 is 0 Å². The topological polar surface area (TPSA) is 67.2 Å². The number of rotatable bonds is 3. The molecular formula is C25H15ClIN3O2S. The van der Waals surface area contributed by atoms with Crippen molar-refractivity contribution in [2.45, 2.75) is 0 Å². The third kappa shape index (κ3) is 4.57. The number of halogens is 2. The number of fused-ring (bicyclic) bond motifs is 2. The fourth-order valence-electron chi connectivity index (χ4n) is 3.55. The number of nitrogens with one attached hydrogen (secondary N) is 2. The van der Waals surface area contributed by atoms with Crippen LogP contribution in [-0.2, 0) is 0 Å². The molecule has 4 aromatic carbocycles. The summed E-state index contributed by atoms with van der Waals surface area (Å²) in [7, 11) is 0. The number of anilines is 1. The van der Waals surface area contributed by atoms with Gasteiger partial charge >= 0.3 is 0 Å². The van der Waals surface area contributed by atoms with Gasteiger partial charge in [0.1, 0.15) is 5.52 Å². The highest BCUT2D eigenvalue weighted by atomic mass is 127. The summed E-state index contributed by atoms with van der Waals surface area (Å²) in [6.45, 7) is 0. The van der Waals surface area contributed by atoms with Gasteiger partial charge in [-0.2, -0.15) is 0 Å². The zero-order chi connectivity index (χ0) is 22.9. The first kappa shape index (κ1) is 21.8. The molecule has 0 saturated heterocycles. The molecule has 0 fully saturated rings. The summed E-state index contributed by atoms with van der Waals surface area (Å²) >= 11 is 13.9. The predicted molar refractivity (Wildman–Crippen MR) is 145 cm³/mol. The number of oxazole rings is 1. The van der Waals surface area contributed by atoms with Crippen molar-refractivity contribution in [3.63, 3.8) is 0 Å². The van der Waals surface area contributed by atoms with Crippen LogP contribution in [0.5, 0.6) is 0 Å². The Bertz CT molecular complexity index is 1550. The second-order valence-corrected chi connectivity index (χ2v) is 9.32. The van der Waals surface area contributed by atoms with Crippen molar-refractivity contribution in [1.82, 2.24) is 10.3 Å². The van der Waals surface area contributed by atoms with Crippen molar-refractivity contribution in [1.29, 1.82) is 0 Å². The van der Waals surface area contributed by atoms with Gasteiger partial charge in [-0.3, -0.25) is 10.1 Å². The summed E-state index contributed by atoms with van der Waals surface area (Å²) < 4.78 is 6.99. The van der Waals surface area contributed by atoms with Crippen LogP contribution in [-0.4, -0.2) is 16.0 Å². The SMILES string of the molecule is O=C(NC(=S)Nc1ccc2oc(-c3cccc(I)c3)nc2c1)c1cccc2c(Cl)cccc12. The smallest absolute Gasteiger partial charge is 0.258 e. The number of carbonyl (C=O) groups is 1. The number of thiocarbonyl (C=S) groups is 1. The minimum absolute atomic E-state index is 0.180. The summed E-state index contributed by atoms with van der Waals surface area (Å²) in [4.78, 5) is 17.5. The summed E-state index contributed by atoms with van der Waals surface area (Å²) in [5, 5.41) is 8.12. The molecule has 5 rings (SSSR count). The second kappa shape index (κ2) is 9.09. The Morgan fingerprint density at radius 2 is 1.76 bits per heavy atom. The maximum atomic E-state index is 12.9. The van der Waals surface area contributed by atoms with Gasteiger partial charge in [0.15, 0.2) is 10.7 Å². The monoisotopic (exact) mass is 583 g/mol. The molecule has 0 unspecified atom stereocenters. The van der Waals surface area contributed by atoms with Gasteiger partial charge < -0.3 is 9.73 Å². The second-order valence-electron chi connectivity index (χ2n) is 7.26. The zero-order valence-electron chi connectivity index (χ0n) is 16.9. The molecule has 0 atom stereocenters. The molecule has 2 N–H and O–H groups in total. The fourth-order valence-corrected chi connectivity index (χ4v) is 4.54. The highest BCUT2D eigenvalue weighted by molar-refractivity contribution is 14.1. The number of benzene rings is 4. The number of carbonyl (C=O) groups excluding carboxylic acids is 1. The molecular weight excluding hydrogens is 569 g/mol. The van der Waals surface area contributed by atoms with Crippen molar-refractivity contribution < 1.29 is 9.21 Å². The van der Waals surface area contributed by atoms with Crippen molar-refractivity contribution >= 4 is 85.0 Å². The van der Waals surface area contributed by atoms with E-state index in [0.29, 0.717) is 33.3 Å². The van der Waals surface area contributed by atoms with E-state index in [1.165, 1.54) is 0 Å². The first-order valence-corrected chi connectivity index (χ1v) is 11.8. The maximum absolute atomic E-state index is 12.9. The molecule has 1 amide bonds. The molecule has 0 radical (unpaired) electrons. The number of aromatic nitrogens is 1. The quantitative estimate of drug-likeness (QED) is 0.176. The van der Waals surface area contributed by atoms with Crippen molar-refractivity contribution in [3.05, 3.63) is 93.0 Å². The largest absolute Gasteiger partial charge is 0.436 e. The van der Waals surface area contributed by atoms with Crippen LogP contribution in [0.15, 0.2) is 83.3 Å². The molecule has 0 aliphatic rings. The van der Waals surface area contributed by atoms with Gasteiger partial charge in [0.2, 0.25) is 5.89 Å². The molecule has 0 aliphatic heterocycles. The Morgan fingerprint density at radius 1 is 0.970 bits per heavy atom. The van der Waals surface area contributed by atoms with Crippen LogP contribution in [0.25, 0.3) is 33.3 Å². The first-order chi connectivity index (χ1) is 16.0. The number of hydrogen-bond acceptors (Lipinski definition) is 4. The van der Waals surface area contributed by atoms with E-state index in [2.05, 4.69) is 38.2 Å². The zero-order valence-corrected chi connectivity index (χ0v) is 20.7. The minimum atomic E-state index is -0.316. The average Bonchev–Trinajstić information content (AvgIpc) is 3.22. The number of nitrogens with zero attached hydrogens (tertiary/aromatic N) is 1. The normalized spacial score (nSPS) is 11.0. The van der Waals surface area contributed by atoms with Crippen LogP contribution in [0.1, 0.15) is 10.4 Å². The van der Waals surface area contributed by atoms with E-state index in [1.807, 2.05) is 60.7 Å². The molecule has 33 heavy (non-hydrogen) atoms. The van der Waals surface area contributed by atoms with Crippen molar-refractivity contribution in [2.75, 3.05) is 5.32 Å². The van der Waals surface area contributed by atoms with E-state index in [-0.39, 0.29) is 11.0 Å². The van der Waals surface area contributed by atoms with E-state index in [1.54, 1.807) is 18.2 Å². The minimum Gasteiger partial charge on any atom is -0.436 e. The van der Waals surface area contributed by atoms with Crippen LogP contribution in [0, 0.1) is 3.57 Å². The lowest BCUT2D eigenvalue weighted by Crippen LogP contribution is -2.34. The Morgan fingerprint density at radius 3 is 2.61 bits per heavy atom. The molecule has 5 aromatic rings. The van der Waals surface area contributed by atoms with Crippen molar-refractivity contribution in [3.8, 4) is 11.5 Å². The Hall–Kier alpha value is -3.01. The molecule has 1 aromatic heterocycles. The van der Waals surface area contributed by atoms with Gasteiger partial charge in [-0.1, -0.05) is 41.9 Å². The molecule has 0 aliphatic carbocycles. The van der Waals surface area contributed by atoms with Crippen LogP contribution in [0.2, 0.25) is 5.02 Å². The third-order valence-corrected chi connectivity index (χ3v) is 6.26. The van der Waals surface area contributed by atoms with E-state index < -0.39 is 0 Å². The predicted octanol–water partition coefficient (Wildman–Crippen LogP) is 7.03. The molecule has 8 heteroatoms. The van der Waals surface area contributed by atoms with Gasteiger partial charge in [0, 0.05) is 30.8 Å². The van der Waals surface area contributed by atoms with E-state index in [0.717, 1.165) is 19.9 Å². The number of amides is 1. The first-order valence-electron chi connectivity index (χ1n) is 9.94. The Labute approximate surface area is 213 Å². The Kier molecular flexibility index (Phi) is 6.01. The summed E-state index contributed by atoms with van der Waals surface area (Å²) in [6.07, 6.45) is 0.